The van der Waals surface area contributed by atoms with Crippen LogP contribution in [0.3, 0.4) is 0 Å². The van der Waals surface area contributed by atoms with Crippen molar-refractivity contribution in [2.75, 3.05) is 13.7 Å². The predicted octanol–water partition coefficient (Wildman–Crippen LogP) is 3.27. The van der Waals surface area contributed by atoms with Crippen LogP contribution >= 0.6 is 0 Å². The number of ether oxygens (including phenoxy) is 1. The molecule has 0 unspecified atom stereocenters. The highest BCUT2D eigenvalue weighted by Crippen LogP contribution is 2.19. The lowest BCUT2D eigenvalue weighted by molar-refractivity contribution is 0.107. The van der Waals surface area contributed by atoms with Crippen LogP contribution in [-0.4, -0.2) is 22.1 Å². The summed E-state index contributed by atoms with van der Waals surface area (Å²) in [6.07, 6.45) is 1.24. The van der Waals surface area contributed by atoms with E-state index < -0.39 is 10.0 Å². The smallest absolute Gasteiger partial charge is 0.233 e. The van der Waals surface area contributed by atoms with Crippen LogP contribution in [0.25, 0.3) is 6.08 Å². The van der Waals surface area contributed by atoms with Crippen LogP contribution < -0.4 is 4.72 Å². The molecule has 0 bridgehead atoms. The van der Waals surface area contributed by atoms with Crippen molar-refractivity contribution in [1.29, 1.82) is 0 Å². The number of hydrogen-bond donors (Lipinski definition) is 1. The summed E-state index contributed by atoms with van der Waals surface area (Å²) in [7, 11) is -1.94. The molecule has 4 nitrogen and oxygen atoms in total. The van der Waals surface area contributed by atoms with Gasteiger partial charge in [-0.3, -0.25) is 0 Å². The molecular weight excluding hydrogens is 310 g/mol. The number of benzene rings is 2. The molecule has 1 N–H and O–H groups in total. The lowest BCUT2D eigenvalue weighted by Crippen LogP contribution is -2.27. The third kappa shape index (κ3) is 5.32. The maximum atomic E-state index is 12.1. The number of sulfonamides is 1. The van der Waals surface area contributed by atoms with Crippen molar-refractivity contribution in [2.24, 2.45) is 0 Å². The van der Waals surface area contributed by atoms with E-state index in [0.717, 1.165) is 16.7 Å². The Balaban J connectivity index is 2.03. The standard InChI is InChI=1S/C18H21NO3S/c1-15-8-6-7-11-17(15)18(22-2)14-19-23(20,21)13-12-16-9-4-3-5-10-16/h3-13,18-19H,14H2,1-2H3/b13-12+/t18-/m0/s1. The second-order valence-electron chi connectivity index (χ2n) is 5.19. The third-order valence-electron chi connectivity index (χ3n) is 3.53. The molecule has 122 valence electrons. The van der Waals surface area contributed by atoms with Gasteiger partial charge in [0.05, 0.1) is 6.10 Å². The number of rotatable bonds is 7. The quantitative estimate of drug-likeness (QED) is 0.847. The van der Waals surface area contributed by atoms with Crippen LogP contribution in [0, 0.1) is 6.92 Å². The monoisotopic (exact) mass is 331 g/mol. The third-order valence-corrected chi connectivity index (χ3v) is 4.59. The van der Waals surface area contributed by atoms with Gasteiger partial charge >= 0.3 is 0 Å². The van der Waals surface area contributed by atoms with Crippen molar-refractivity contribution >= 4 is 16.1 Å². The molecule has 23 heavy (non-hydrogen) atoms. The van der Waals surface area contributed by atoms with Gasteiger partial charge in [0.2, 0.25) is 10.0 Å². The topological polar surface area (TPSA) is 55.4 Å². The van der Waals surface area contributed by atoms with Crippen LogP contribution in [0.5, 0.6) is 0 Å². The van der Waals surface area contributed by atoms with Gasteiger partial charge in [-0.25, -0.2) is 13.1 Å². The van der Waals surface area contributed by atoms with Gasteiger partial charge in [0.1, 0.15) is 0 Å². The van der Waals surface area contributed by atoms with Gasteiger partial charge in [0.15, 0.2) is 0 Å². The van der Waals surface area contributed by atoms with E-state index in [4.69, 9.17) is 4.74 Å². The summed E-state index contributed by atoms with van der Waals surface area (Å²) in [5.74, 6) is 0. The average molecular weight is 331 g/mol. The first-order valence-corrected chi connectivity index (χ1v) is 8.87. The van der Waals surface area contributed by atoms with Crippen LogP contribution in [0.2, 0.25) is 0 Å². The van der Waals surface area contributed by atoms with E-state index in [0.29, 0.717) is 0 Å². The minimum atomic E-state index is -3.52. The number of methoxy groups -OCH3 is 1. The minimum Gasteiger partial charge on any atom is -0.375 e. The Kier molecular flexibility index (Phi) is 6.10. The Morgan fingerprint density at radius 3 is 2.39 bits per heavy atom. The fourth-order valence-electron chi connectivity index (χ4n) is 2.24. The van der Waals surface area contributed by atoms with E-state index in [-0.39, 0.29) is 12.6 Å². The lowest BCUT2D eigenvalue weighted by Gasteiger charge is -2.18. The van der Waals surface area contributed by atoms with Crippen LogP contribution in [0.4, 0.5) is 0 Å². The maximum absolute atomic E-state index is 12.1. The Labute approximate surface area is 137 Å². The zero-order chi connectivity index (χ0) is 16.7. The summed E-state index contributed by atoms with van der Waals surface area (Å²) in [4.78, 5) is 0. The van der Waals surface area contributed by atoms with Crippen molar-refractivity contribution in [1.82, 2.24) is 4.72 Å². The van der Waals surface area contributed by atoms with E-state index in [2.05, 4.69) is 4.72 Å². The zero-order valence-corrected chi connectivity index (χ0v) is 14.1. The minimum absolute atomic E-state index is 0.183. The van der Waals surface area contributed by atoms with E-state index in [1.54, 1.807) is 13.2 Å². The zero-order valence-electron chi connectivity index (χ0n) is 13.3. The van der Waals surface area contributed by atoms with E-state index in [1.165, 1.54) is 5.41 Å². The molecule has 0 heterocycles. The molecule has 2 aromatic carbocycles. The summed E-state index contributed by atoms with van der Waals surface area (Å²) < 4.78 is 32.2. The molecule has 0 aliphatic heterocycles. The van der Waals surface area contributed by atoms with Crippen molar-refractivity contribution < 1.29 is 13.2 Å². The Bertz CT molecular complexity index is 755. The molecule has 0 saturated carbocycles. The highest BCUT2D eigenvalue weighted by atomic mass is 32.2. The van der Waals surface area contributed by atoms with Gasteiger partial charge in [0.25, 0.3) is 0 Å². The first kappa shape index (κ1) is 17.4. The first-order valence-electron chi connectivity index (χ1n) is 7.33. The molecule has 2 aromatic rings. The Morgan fingerprint density at radius 2 is 1.74 bits per heavy atom. The van der Waals surface area contributed by atoms with Crippen molar-refractivity contribution in [3.63, 3.8) is 0 Å². The molecule has 0 aromatic heterocycles. The maximum Gasteiger partial charge on any atom is 0.233 e. The SMILES string of the molecule is CO[C@@H](CNS(=O)(=O)/C=C/c1ccccc1)c1ccccc1C. The fraction of sp³-hybridized carbons (Fsp3) is 0.222. The fourth-order valence-corrected chi connectivity index (χ4v) is 3.06. The summed E-state index contributed by atoms with van der Waals surface area (Å²) in [6.45, 7) is 2.16. The van der Waals surface area contributed by atoms with Gasteiger partial charge in [0, 0.05) is 19.1 Å². The summed E-state index contributed by atoms with van der Waals surface area (Å²) in [6, 6.07) is 17.1. The van der Waals surface area contributed by atoms with Gasteiger partial charge in [-0.15, -0.1) is 0 Å². The van der Waals surface area contributed by atoms with Crippen molar-refractivity contribution in [3.05, 3.63) is 76.7 Å². The predicted molar refractivity (Wildman–Crippen MR) is 93.3 cm³/mol. The molecule has 0 aliphatic carbocycles. The van der Waals surface area contributed by atoms with Crippen LogP contribution in [0.1, 0.15) is 22.8 Å². The van der Waals surface area contributed by atoms with Gasteiger partial charge in [-0.05, 0) is 29.7 Å². The number of aryl methyl sites for hydroxylation is 1. The van der Waals surface area contributed by atoms with Gasteiger partial charge in [-0.1, -0.05) is 54.6 Å². The van der Waals surface area contributed by atoms with Crippen molar-refractivity contribution in [2.45, 2.75) is 13.0 Å². The molecule has 0 saturated heterocycles. The molecule has 1 atom stereocenters. The lowest BCUT2D eigenvalue weighted by atomic mass is 10.0. The molecule has 5 heteroatoms. The molecule has 0 amide bonds. The second kappa shape index (κ2) is 8.06. The Hall–Kier alpha value is -1.95. The van der Waals surface area contributed by atoms with E-state index in [9.17, 15) is 8.42 Å². The molecule has 0 fully saturated rings. The molecule has 2 rings (SSSR count). The average Bonchev–Trinajstić information content (AvgIpc) is 2.56. The molecule has 0 spiro atoms. The highest BCUT2D eigenvalue weighted by molar-refractivity contribution is 7.92. The van der Waals surface area contributed by atoms with E-state index >= 15 is 0 Å². The first-order chi connectivity index (χ1) is 11.0. The highest BCUT2D eigenvalue weighted by Gasteiger charge is 2.15. The largest absolute Gasteiger partial charge is 0.375 e. The second-order valence-corrected chi connectivity index (χ2v) is 6.84. The van der Waals surface area contributed by atoms with Gasteiger partial charge < -0.3 is 4.74 Å². The van der Waals surface area contributed by atoms with Crippen molar-refractivity contribution in [3.8, 4) is 0 Å². The molecule has 0 radical (unpaired) electrons. The Morgan fingerprint density at radius 1 is 1.09 bits per heavy atom. The number of hydrogen-bond acceptors (Lipinski definition) is 3. The summed E-state index contributed by atoms with van der Waals surface area (Å²) in [5.41, 5.74) is 2.88. The normalized spacial score (nSPS) is 13.3. The van der Waals surface area contributed by atoms with Crippen LogP contribution in [-0.2, 0) is 14.8 Å². The molecular formula is C18H21NO3S. The summed E-state index contributed by atoms with van der Waals surface area (Å²) in [5, 5.41) is 1.17. The van der Waals surface area contributed by atoms with E-state index in [1.807, 2.05) is 61.5 Å². The van der Waals surface area contributed by atoms with Crippen LogP contribution in [0.15, 0.2) is 60.0 Å². The molecule has 0 aliphatic rings. The summed E-state index contributed by atoms with van der Waals surface area (Å²) >= 11 is 0. The number of nitrogens with one attached hydrogen (secondary N) is 1. The van der Waals surface area contributed by atoms with Gasteiger partial charge in [-0.2, -0.15) is 0 Å².